The van der Waals surface area contributed by atoms with Crippen molar-refractivity contribution in [1.82, 2.24) is 9.97 Å². The molecule has 0 radical (unpaired) electrons. The number of hydrogen-bond donors (Lipinski definition) is 2. The van der Waals surface area contributed by atoms with E-state index in [4.69, 9.17) is 9.47 Å². The van der Waals surface area contributed by atoms with Gasteiger partial charge in [0.2, 0.25) is 0 Å². The van der Waals surface area contributed by atoms with E-state index in [0.717, 1.165) is 0 Å². The van der Waals surface area contributed by atoms with Gasteiger partial charge in [-0.25, -0.2) is 9.59 Å². The Hall–Kier alpha value is -2.81. The normalized spacial score (nSPS) is 10.5. The first-order chi connectivity index (χ1) is 12.9. The Bertz CT molecular complexity index is 824. The monoisotopic (exact) mass is 392 g/mol. The minimum atomic E-state index is -0.593. The number of carbonyl (C=O) groups is 4. The average Bonchev–Trinajstić information content (AvgIpc) is 3.12. The molecule has 0 spiro atoms. The van der Waals surface area contributed by atoms with E-state index < -0.39 is 11.9 Å². The highest BCUT2D eigenvalue weighted by molar-refractivity contribution is 7.99. The average molecular weight is 392 g/mol. The van der Waals surface area contributed by atoms with Crippen molar-refractivity contribution in [2.24, 2.45) is 0 Å². The first-order valence-corrected chi connectivity index (χ1v) is 9.08. The third kappa shape index (κ3) is 3.97. The summed E-state index contributed by atoms with van der Waals surface area (Å²) in [7, 11) is 0. The van der Waals surface area contributed by atoms with Crippen LogP contribution in [0.5, 0.6) is 0 Å². The summed E-state index contributed by atoms with van der Waals surface area (Å²) < 4.78 is 9.99. The van der Waals surface area contributed by atoms with Gasteiger partial charge in [-0.1, -0.05) is 11.8 Å². The number of ether oxygens (including phenoxy) is 2. The minimum Gasteiger partial charge on any atom is -0.462 e. The van der Waals surface area contributed by atoms with Crippen LogP contribution < -0.4 is 0 Å². The molecule has 0 saturated carbocycles. The molecule has 0 bridgehead atoms. The van der Waals surface area contributed by atoms with Gasteiger partial charge in [0.05, 0.1) is 45.8 Å². The molecule has 8 nitrogen and oxygen atoms in total. The van der Waals surface area contributed by atoms with Gasteiger partial charge in [0.15, 0.2) is 12.6 Å². The Morgan fingerprint density at radius 1 is 0.852 bits per heavy atom. The standard InChI is InChI=1S/C18H20N2O6S/c1-5-25-17(23)13-9(3)15(19-11(13)7-21)27-16-10(4)14(12(8-22)20-16)18(24)26-6-2/h7-8,19-20H,5-6H2,1-4H3. The van der Waals surface area contributed by atoms with Gasteiger partial charge < -0.3 is 19.4 Å². The largest absolute Gasteiger partial charge is 0.462 e. The molecule has 0 aromatic carbocycles. The quantitative estimate of drug-likeness (QED) is 0.523. The molecule has 0 amide bonds. The fraction of sp³-hybridized carbons (Fsp3) is 0.333. The molecule has 2 heterocycles. The van der Waals surface area contributed by atoms with Gasteiger partial charge in [0.1, 0.15) is 0 Å². The lowest BCUT2D eigenvalue weighted by molar-refractivity contribution is 0.0514. The zero-order chi connectivity index (χ0) is 20.1. The first-order valence-electron chi connectivity index (χ1n) is 8.27. The van der Waals surface area contributed by atoms with Crippen LogP contribution in [0, 0.1) is 13.8 Å². The number of aromatic nitrogens is 2. The van der Waals surface area contributed by atoms with E-state index >= 15 is 0 Å². The fourth-order valence-electron chi connectivity index (χ4n) is 2.60. The Balaban J connectivity index is 2.46. The van der Waals surface area contributed by atoms with Crippen LogP contribution in [-0.2, 0) is 9.47 Å². The molecule has 0 unspecified atom stereocenters. The number of aromatic amines is 2. The summed E-state index contributed by atoms with van der Waals surface area (Å²) in [5, 5.41) is 1.05. The molecular weight excluding hydrogens is 372 g/mol. The summed E-state index contributed by atoms with van der Waals surface area (Å²) in [6.07, 6.45) is 1.09. The van der Waals surface area contributed by atoms with E-state index in [1.807, 2.05) is 0 Å². The van der Waals surface area contributed by atoms with Crippen LogP contribution in [0.15, 0.2) is 10.1 Å². The summed E-state index contributed by atoms with van der Waals surface area (Å²) in [4.78, 5) is 52.7. The van der Waals surface area contributed by atoms with Gasteiger partial charge in [0, 0.05) is 0 Å². The predicted molar refractivity (Wildman–Crippen MR) is 97.9 cm³/mol. The number of esters is 2. The van der Waals surface area contributed by atoms with Crippen molar-refractivity contribution < 1.29 is 28.7 Å². The topological polar surface area (TPSA) is 118 Å². The number of carbonyl (C=O) groups excluding carboxylic acids is 4. The number of aldehydes is 2. The smallest absolute Gasteiger partial charge is 0.340 e. The summed E-state index contributed by atoms with van der Waals surface area (Å²) >= 11 is 1.17. The molecule has 2 aromatic rings. The highest BCUT2D eigenvalue weighted by atomic mass is 32.2. The summed E-state index contributed by atoms with van der Waals surface area (Å²) in [5.74, 6) is -1.19. The van der Waals surface area contributed by atoms with E-state index in [2.05, 4.69) is 9.97 Å². The lowest BCUT2D eigenvalue weighted by atomic mass is 10.2. The molecule has 0 saturated heterocycles. The maximum Gasteiger partial charge on any atom is 0.340 e. The Morgan fingerprint density at radius 3 is 1.52 bits per heavy atom. The summed E-state index contributed by atoms with van der Waals surface area (Å²) in [5.41, 5.74) is 1.64. The molecular formula is C18H20N2O6S. The van der Waals surface area contributed by atoms with Crippen LogP contribution in [-0.4, -0.2) is 47.7 Å². The molecule has 9 heteroatoms. The van der Waals surface area contributed by atoms with Crippen molar-refractivity contribution >= 4 is 36.3 Å². The molecule has 0 fully saturated rings. The molecule has 27 heavy (non-hydrogen) atoms. The van der Waals surface area contributed by atoms with Gasteiger partial charge in [-0.15, -0.1) is 0 Å². The maximum absolute atomic E-state index is 12.1. The maximum atomic E-state index is 12.1. The lowest BCUT2D eigenvalue weighted by Gasteiger charge is -2.03. The van der Waals surface area contributed by atoms with E-state index in [-0.39, 0.29) is 35.7 Å². The Morgan fingerprint density at radius 2 is 1.22 bits per heavy atom. The van der Waals surface area contributed by atoms with Gasteiger partial charge >= 0.3 is 11.9 Å². The van der Waals surface area contributed by atoms with Gasteiger partial charge in [-0.3, -0.25) is 9.59 Å². The van der Waals surface area contributed by atoms with Crippen LogP contribution in [0.2, 0.25) is 0 Å². The molecule has 144 valence electrons. The predicted octanol–water partition coefficient (Wildman–Crippen LogP) is 3.09. The number of hydrogen-bond acceptors (Lipinski definition) is 7. The third-order valence-electron chi connectivity index (χ3n) is 3.87. The highest BCUT2D eigenvalue weighted by Crippen LogP contribution is 2.35. The van der Waals surface area contributed by atoms with Crippen molar-refractivity contribution in [2.45, 2.75) is 37.7 Å². The zero-order valence-corrected chi connectivity index (χ0v) is 16.2. The van der Waals surface area contributed by atoms with Crippen LogP contribution in [0.1, 0.15) is 66.7 Å². The van der Waals surface area contributed by atoms with Crippen LogP contribution in [0.3, 0.4) is 0 Å². The summed E-state index contributed by atoms with van der Waals surface area (Å²) in [6.45, 7) is 7.09. The second-order valence-corrected chi connectivity index (χ2v) is 6.53. The lowest BCUT2D eigenvalue weighted by Crippen LogP contribution is -2.07. The molecule has 2 rings (SSSR count). The van der Waals surface area contributed by atoms with Crippen molar-refractivity contribution in [3.05, 3.63) is 33.6 Å². The molecule has 0 aliphatic heterocycles. The SMILES string of the molecule is CCOC(=O)c1c(C=O)[nH]c(Sc2[nH]c(C=O)c(C(=O)OCC)c2C)c1C. The Labute approximate surface area is 160 Å². The van der Waals surface area contributed by atoms with Crippen molar-refractivity contribution in [3.8, 4) is 0 Å². The Kier molecular flexibility index (Phi) is 6.62. The van der Waals surface area contributed by atoms with E-state index in [1.54, 1.807) is 27.7 Å². The number of nitrogens with one attached hydrogen (secondary N) is 2. The number of H-pyrrole nitrogens is 2. The minimum absolute atomic E-state index is 0.110. The number of rotatable bonds is 8. The van der Waals surface area contributed by atoms with Crippen LogP contribution in [0.25, 0.3) is 0 Å². The summed E-state index contributed by atoms with van der Waals surface area (Å²) in [6, 6.07) is 0. The third-order valence-corrected chi connectivity index (χ3v) is 5.09. The van der Waals surface area contributed by atoms with Gasteiger partial charge in [-0.2, -0.15) is 0 Å². The van der Waals surface area contributed by atoms with Crippen molar-refractivity contribution in [3.63, 3.8) is 0 Å². The van der Waals surface area contributed by atoms with E-state index in [1.165, 1.54) is 11.8 Å². The first kappa shape index (κ1) is 20.5. The molecule has 0 aliphatic carbocycles. The highest BCUT2D eigenvalue weighted by Gasteiger charge is 2.25. The molecule has 0 atom stereocenters. The van der Waals surface area contributed by atoms with Crippen molar-refractivity contribution in [1.29, 1.82) is 0 Å². The van der Waals surface area contributed by atoms with Gasteiger partial charge in [-0.05, 0) is 38.8 Å². The molecule has 2 N–H and O–H groups in total. The van der Waals surface area contributed by atoms with Crippen LogP contribution in [0.4, 0.5) is 0 Å². The van der Waals surface area contributed by atoms with Crippen LogP contribution >= 0.6 is 11.8 Å². The van der Waals surface area contributed by atoms with E-state index in [0.29, 0.717) is 33.8 Å². The van der Waals surface area contributed by atoms with Gasteiger partial charge in [0.25, 0.3) is 0 Å². The fourth-order valence-corrected chi connectivity index (χ4v) is 3.64. The second kappa shape index (κ2) is 8.72. The molecule has 2 aromatic heterocycles. The van der Waals surface area contributed by atoms with Crippen molar-refractivity contribution in [2.75, 3.05) is 13.2 Å². The zero-order valence-electron chi connectivity index (χ0n) is 15.4. The second-order valence-electron chi connectivity index (χ2n) is 5.51. The molecule has 0 aliphatic rings. The van der Waals surface area contributed by atoms with E-state index in [9.17, 15) is 19.2 Å².